The van der Waals surface area contributed by atoms with Crippen molar-refractivity contribution in [1.29, 1.82) is 0 Å². The van der Waals surface area contributed by atoms with Crippen LogP contribution in [0.25, 0.3) is 65.5 Å². The van der Waals surface area contributed by atoms with Gasteiger partial charge in [0.1, 0.15) is 0 Å². The second-order valence-corrected chi connectivity index (χ2v) is 14.2. The molecule has 0 radical (unpaired) electrons. The van der Waals surface area contributed by atoms with Gasteiger partial charge in [0.05, 0.1) is 5.69 Å². The van der Waals surface area contributed by atoms with Crippen molar-refractivity contribution in [1.82, 2.24) is 4.98 Å². The van der Waals surface area contributed by atoms with E-state index >= 15 is 0 Å². The molecule has 1 aliphatic rings. The van der Waals surface area contributed by atoms with Gasteiger partial charge in [-0.1, -0.05) is 138 Å². The van der Waals surface area contributed by atoms with Crippen LogP contribution >= 0.6 is 0 Å². The topological polar surface area (TPSA) is 12.9 Å². The lowest BCUT2D eigenvalue weighted by Crippen LogP contribution is -2.15. The molecule has 46 heavy (non-hydrogen) atoms. The lowest BCUT2D eigenvalue weighted by Gasteiger charge is -2.24. The van der Waals surface area contributed by atoms with E-state index in [1.807, 2.05) is 6.20 Å². The predicted molar refractivity (Wildman–Crippen MR) is 199 cm³/mol. The van der Waals surface area contributed by atoms with Gasteiger partial charge in [-0.05, 0) is 103 Å². The second kappa shape index (κ2) is 11.1. The van der Waals surface area contributed by atoms with Crippen LogP contribution in [0.4, 0.5) is 0 Å². The van der Waals surface area contributed by atoms with Crippen molar-refractivity contribution in [3.63, 3.8) is 0 Å². The molecule has 1 unspecified atom stereocenters. The van der Waals surface area contributed by atoms with Crippen LogP contribution in [0.2, 0.25) is 0 Å². The zero-order valence-electron chi connectivity index (χ0n) is 27.9. The molecule has 8 rings (SSSR count). The average Bonchev–Trinajstić information content (AvgIpc) is 3.32. The molecular weight excluding hydrogens is 555 g/mol. The summed E-state index contributed by atoms with van der Waals surface area (Å²) in [5.74, 6) is 0.704. The van der Waals surface area contributed by atoms with Crippen LogP contribution in [-0.4, -0.2) is 4.98 Å². The highest BCUT2D eigenvalue weighted by molar-refractivity contribution is 6.16. The Kier molecular flexibility index (Phi) is 6.98. The molecule has 0 N–H and O–H groups in total. The summed E-state index contributed by atoms with van der Waals surface area (Å²) >= 11 is 0. The lowest BCUT2D eigenvalue weighted by molar-refractivity contribution is 0.450. The number of unbranched alkanes of at least 4 members (excludes halogenated alkanes) is 1. The predicted octanol–water partition coefficient (Wildman–Crippen LogP) is 12.7. The first-order valence-electron chi connectivity index (χ1n) is 17.3. The van der Waals surface area contributed by atoms with E-state index in [0.717, 1.165) is 12.1 Å². The van der Waals surface area contributed by atoms with Crippen molar-refractivity contribution in [3.05, 3.63) is 126 Å². The summed E-state index contributed by atoms with van der Waals surface area (Å²) in [5.41, 5.74) is 10.6. The second-order valence-electron chi connectivity index (χ2n) is 14.2. The first-order chi connectivity index (χ1) is 22.4. The fourth-order valence-corrected chi connectivity index (χ4v) is 8.53. The van der Waals surface area contributed by atoms with Crippen LogP contribution in [0.1, 0.15) is 75.6 Å². The quantitative estimate of drug-likeness (QED) is 0.167. The van der Waals surface area contributed by atoms with Crippen LogP contribution in [0, 0.1) is 12.8 Å². The number of hydrogen-bond donors (Lipinski definition) is 0. The molecule has 1 heterocycles. The summed E-state index contributed by atoms with van der Waals surface area (Å²) in [6, 6.07) is 36.9. The molecule has 1 nitrogen and oxygen atoms in total. The van der Waals surface area contributed by atoms with Gasteiger partial charge in [-0.25, -0.2) is 0 Å². The number of hydrogen-bond acceptors (Lipinski definition) is 1. The number of fused-ring (bicyclic) bond motifs is 10. The molecule has 7 aromatic rings. The minimum absolute atomic E-state index is 0.0869. The molecule has 0 amide bonds. The Balaban J connectivity index is 1.32. The fraction of sp³-hybridized carbons (Fsp3) is 0.267. The van der Waals surface area contributed by atoms with E-state index in [1.165, 1.54) is 108 Å². The van der Waals surface area contributed by atoms with Crippen molar-refractivity contribution >= 4 is 43.1 Å². The van der Waals surface area contributed by atoms with Crippen LogP contribution in [0.15, 0.2) is 103 Å². The number of rotatable bonds is 7. The highest BCUT2D eigenvalue weighted by Gasteiger charge is 2.38. The summed E-state index contributed by atoms with van der Waals surface area (Å²) in [4.78, 5) is 5.07. The zero-order chi connectivity index (χ0) is 31.6. The normalized spacial score (nSPS) is 14.3. The lowest BCUT2D eigenvalue weighted by atomic mass is 9.79. The van der Waals surface area contributed by atoms with E-state index in [2.05, 4.69) is 132 Å². The molecule has 0 aliphatic heterocycles. The van der Waals surface area contributed by atoms with E-state index in [1.54, 1.807) is 0 Å². The fourth-order valence-electron chi connectivity index (χ4n) is 8.53. The Labute approximate surface area is 273 Å². The number of benzene rings is 6. The maximum atomic E-state index is 5.07. The summed E-state index contributed by atoms with van der Waals surface area (Å²) < 4.78 is 0. The van der Waals surface area contributed by atoms with Crippen molar-refractivity contribution in [3.8, 4) is 22.4 Å². The van der Waals surface area contributed by atoms with Gasteiger partial charge in [-0.3, -0.25) is 4.98 Å². The van der Waals surface area contributed by atoms with E-state index in [9.17, 15) is 0 Å². The highest BCUT2D eigenvalue weighted by Crippen LogP contribution is 2.54. The number of aromatic nitrogens is 1. The third kappa shape index (κ3) is 4.47. The summed E-state index contributed by atoms with van der Waals surface area (Å²) in [6.45, 7) is 11.7. The van der Waals surface area contributed by atoms with Crippen LogP contribution < -0.4 is 0 Å². The number of nitrogens with zero attached hydrogens (tertiary/aromatic N) is 1. The average molecular weight is 598 g/mol. The summed E-state index contributed by atoms with van der Waals surface area (Å²) in [6.07, 6.45) is 8.21. The summed E-state index contributed by atoms with van der Waals surface area (Å²) in [5, 5.41) is 10.5. The van der Waals surface area contributed by atoms with Gasteiger partial charge >= 0.3 is 0 Å². The third-order valence-electron chi connectivity index (χ3n) is 11.0. The van der Waals surface area contributed by atoms with Crippen LogP contribution in [-0.2, 0) is 11.8 Å². The molecule has 0 spiro atoms. The third-order valence-corrected chi connectivity index (χ3v) is 11.0. The molecule has 1 atom stereocenters. The summed E-state index contributed by atoms with van der Waals surface area (Å²) in [7, 11) is 0. The van der Waals surface area contributed by atoms with Gasteiger partial charge in [0.2, 0.25) is 0 Å². The molecule has 0 saturated heterocycles. The first kappa shape index (κ1) is 28.9. The van der Waals surface area contributed by atoms with Gasteiger partial charge in [-0.15, -0.1) is 0 Å². The van der Waals surface area contributed by atoms with E-state index in [4.69, 9.17) is 4.98 Å². The van der Waals surface area contributed by atoms with Gasteiger partial charge in [0, 0.05) is 22.6 Å². The molecule has 0 bridgehead atoms. The van der Waals surface area contributed by atoms with Crippen molar-refractivity contribution in [2.24, 2.45) is 5.92 Å². The maximum Gasteiger partial charge on any atom is 0.0780 e. The standard InChI is InChI=1S/C45H43N/c1-6-8-11-29(7-2)25-32-27-33(26-31-24-28(3)14-16-34(31)32)44-39-19-18-38-36(37(39)22-23-46-44)17-20-40-42-35-13-10-9-12-30(35)15-21-41(42)45(4,5)43(38)40/h9-10,12-24,26-27,29H,6-8,11,25H2,1-5H3. The van der Waals surface area contributed by atoms with Gasteiger partial charge in [0.15, 0.2) is 0 Å². The monoisotopic (exact) mass is 597 g/mol. The van der Waals surface area contributed by atoms with Crippen molar-refractivity contribution < 1.29 is 0 Å². The minimum Gasteiger partial charge on any atom is -0.256 e. The smallest absolute Gasteiger partial charge is 0.0780 e. The first-order valence-corrected chi connectivity index (χ1v) is 17.3. The molecular formula is C45H43N. The molecule has 228 valence electrons. The zero-order valence-corrected chi connectivity index (χ0v) is 27.9. The molecule has 0 fully saturated rings. The minimum atomic E-state index is -0.0869. The Morgan fingerprint density at radius 2 is 1.48 bits per heavy atom. The van der Waals surface area contributed by atoms with Crippen LogP contribution in [0.5, 0.6) is 0 Å². The van der Waals surface area contributed by atoms with E-state index in [-0.39, 0.29) is 5.41 Å². The highest BCUT2D eigenvalue weighted by atomic mass is 14.7. The number of pyridine rings is 1. The molecule has 0 saturated carbocycles. The SMILES string of the molecule is CCCCC(CC)Cc1cc(-c2nccc3c2ccc2c4c(ccc23)-c2c(ccc3ccccc23)C4(C)C)cc2cc(C)ccc12. The van der Waals surface area contributed by atoms with Gasteiger partial charge in [0.25, 0.3) is 0 Å². The van der Waals surface area contributed by atoms with Crippen LogP contribution in [0.3, 0.4) is 0 Å². The van der Waals surface area contributed by atoms with Gasteiger partial charge < -0.3 is 0 Å². The Bertz CT molecular complexity index is 2300. The molecule has 1 aromatic heterocycles. The van der Waals surface area contributed by atoms with Crippen molar-refractivity contribution in [2.75, 3.05) is 0 Å². The van der Waals surface area contributed by atoms with Crippen molar-refractivity contribution in [2.45, 2.75) is 72.1 Å². The Morgan fingerprint density at radius 3 is 2.33 bits per heavy atom. The van der Waals surface area contributed by atoms with E-state index < -0.39 is 0 Å². The molecule has 1 heteroatoms. The maximum absolute atomic E-state index is 5.07. The number of aryl methyl sites for hydroxylation is 1. The largest absolute Gasteiger partial charge is 0.256 e. The Hall–Kier alpha value is -4.49. The van der Waals surface area contributed by atoms with E-state index in [0.29, 0.717) is 5.92 Å². The van der Waals surface area contributed by atoms with Gasteiger partial charge in [-0.2, -0.15) is 0 Å². The Morgan fingerprint density at radius 1 is 0.696 bits per heavy atom. The molecule has 1 aliphatic carbocycles. The molecule has 6 aromatic carbocycles.